The summed E-state index contributed by atoms with van der Waals surface area (Å²) < 4.78 is 0. The van der Waals surface area contributed by atoms with Gasteiger partial charge >= 0.3 is 0 Å². The largest absolute Gasteiger partial charge is 0.508 e. The number of aromatic hydroxyl groups is 1. The number of aromatic nitrogens is 1. The summed E-state index contributed by atoms with van der Waals surface area (Å²) in [6, 6.07) is 20.0. The Labute approximate surface area is 457 Å². The third-order valence-electron chi connectivity index (χ3n) is 12.6. The van der Waals surface area contributed by atoms with Crippen molar-refractivity contribution in [1.29, 1.82) is 0 Å². The number of amides is 8. The van der Waals surface area contributed by atoms with Gasteiger partial charge in [-0.15, -0.1) is 0 Å². The fraction of sp³-hybridized carbons (Fsp3) is 0.370. The van der Waals surface area contributed by atoms with Crippen LogP contribution in [0.3, 0.4) is 0 Å². The SMILES string of the molecule is C[C@@H](O)[C@H](NC(=O)[C@H](CCCCN)NC(=O)[C@@H](Cc1c[nH]c2ccccc12)NC(=O)[C@H](Cc1ccc(O)cc1)NC(=O)[C@H](Cc1ccccc1)NC(=O)[C@@H](N)CS)C(=O)N[C@@H](Cc1ccccc1)C(=O)N[C@@H](CS)C(N)=O. The maximum atomic E-state index is 14.8. The lowest BCUT2D eigenvalue weighted by Gasteiger charge is -2.29. The van der Waals surface area contributed by atoms with E-state index in [9.17, 15) is 48.6 Å². The Morgan fingerprint density at radius 1 is 0.532 bits per heavy atom. The topological polar surface area (TPSA) is 355 Å². The van der Waals surface area contributed by atoms with Crippen LogP contribution in [-0.2, 0) is 64.0 Å². The number of aliphatic hydroxyl groups is 1. The first-order valence-electron chi connectivity index (χ1n) is 25.1. The molecule has 1 aromatic heterocycles. The van der Waals surface area contributed by atoms with Gasteiger partial charge in [0.1, 0.15) is 48.0 Å². The van der Waals surface area contributed by atoms with Gasteiger partial charge in [-0.1, -0.05) is 91.0 Å². The van der Waals surface area contributed by atoms with Crippen molar-refractivity contribution in [3.8, 4) is 5.75 Å². The van der Waals surface area contributed by atoms with E-state index < -0.39 is 102 Å². The minimum absolute atomic E-state index is 0.0133. The van der Waals surface area contributed by atoms with Crippen molar-refractivity contribution < 1.29 is 48.6 Å². The van der Waals surface area contributed by atoms with E-state index in [4.69, 9.17) is 17.2 Å². The summed E-state index contributed by atoms with van der Waals surface area (Å²) in [6.07, 6.45) is 0.510. The lowest BCUT2D eigenvalue weighted by molar-refractivity contribution is -0.137. The first-order chi connectivity index (χ1) is 36.9. The second-order valence-corrected chi connectivity index (χ2v) is 19.3. The number of nitrogens with two attached hydrogens (primary N) is 3. The summed E-state index contributed by atoms with van der Waals surface area (Å²) >= 11 is 8.23. The number of rotatable bonds is 30. The number of benzene rings is 4. The fourth-order valence-electron chi connectivity index (χ4n) is 8.26. The molecule has 77 heavy (non-hydrogen) atoms. The molecule has 16 N–H and O–H groups in total. The van der Waals surface area contributed by atoms with Gasteiger partial charge in [-0.25, -0.2) is 0 Å². The monoisotopic (exact) mass is 1100 g/mol. The van der Waals surface area contributed by atoms with Crippen LogP contribution in [0, 0.1) is 0 Å². The van der Waals surface area contributed by atoms with E-state index in [1.54, 1.807) is 85.1 Å². The van der Waals surface area contributed by atoms with Crippen LogP contribution >= 0.6 is 25.3 Å². The Morgan fingerprint density at radius 2 is 0.974 bits per heavy atom. The summed E-state index contributed by atoms with van der Waals surface area (Å²) in [4.78, 5) is 114. The lowest BCUT2D eigenvalue weighted by Crippen LogP contribution is -2.62. The average molecular weight is 1100 g/mol. The summed E-state index contributed by atoms with van der Waals surface area (Å²) in [6.45, 7) is 1.48. The number of primary amides is 1. The molecule has 5 aromatic rings. The first-order valence-corrected chi connectivity index (χ1v) is 26.4. The highest BCUT2D eigenvalue weighted by Crippen LogP contribution is 2.20. The van der Waals surface area contributed by atoms with Gasteiger partial charge in [0, 0.05) is 54.3 Å². The number of aliphatic hydroxyl groups excluding tert-OH is 1. The van der Waals surface area contributed by atoms with Gasteiger partial charge in [0.25, 0.3) is 0 Å². The van der Waals surface area contributed by atoms with Gasteiger partial charge < -0.3 is 69.6 Å². The van der Waals surface area contributed by atoms with E-state index in [0.717, 1.165) is 10.9 Å². The normalized spacial score (nSPS) is 14.7. The van der Waals surface area contributed by atoms with Crippen molar-refractivity contribution in [2.45, 2.75) is 106 Å². The maximum Gasteiger partial charge on any atom is 0.245 e. The number of thiol groups is 2. The number of fused-ring (bicyclic) bond motifs is 1. The number of unbranched alkanes of at least 4 members (excludes halogenated alkanes) is 1. The van der Waals surface area contributed by atoms with Crippen LogP contribution in [0.25, 0.3) is 10.9 Å². The standard InChI is InChI=1S/C54H69N11O10S2/c1-31(66)46(54(75)63-43(25-33-14-6-3-7-15-33)52(73)64-45(30-77)47(57)68)65-49(70)40(18-10-11-23-55)59-53(74)44(27-35-28-58-39-17-9-8-16-37(35)39)62-51(72)42(26-34-19-21-36(67)22-20-34)61-50(71)41(60-48(69)38(56)29-76)24-32-12-4-2-5-13-32/h2-9,12-17,19-22,28,31,38,40-46,58,66-67,76-77H,10-11,18,23-27,29-30,55-56H2,1H3,(H2,57,68)(H,59,74)(H,60,69)(H,61,71)(H,62,72)(H,63,75)(H,64,73)(H,65,70)/t31-,38+,40+,41+,42+,43+,44-,45+,46+/m1/s1. The van der Waals surface area contributed by atoms with Gasteiger partial charge in [-0.2, -0.15) is 25.3 Å². The van der Waals surface area contributed by atoms with Crippen LogP contribution in [-0.4, -0.2) is 135 Å². The van der Waals surface area contributed by atoms with E-state index in [1.807, 2.05) is 18.2 Å². The number of phenols is 1. The molecule has 0 unspecified atom stereocenters. The van der Waals surface area contributed by atoms with Crippen molar-refractivity contribution in [3.63, 3.8) is 0 Å². The lowest BCUT2D eigenvalue weighted by atomic mass is 10.00. The quantitative estimate of drug-likeness (QED) is 0.0209. The number of nitrogens with one attached hydrogen (secondary N) is 8. The molecule has 0 spiro atoms. The summed E-state index contributed by atoms with van der Waals surface area (Å²) in [5, 5.41) is 40.4. The van der Waals surface area contributed by atoms with Crippen molar-refractivity contribution >= 4 is 83.4 Å². The average Bonchev–Trinajstić information content (AvgIpc) is 3.83. The van der Waals surface area contributed by atoms with Crippen LogP contribution < -0.4 is 54.4 Å². The molecule has 0 radical (unpaired) electrons. The van der Waals surface area contributed by atoms with Gasteiger partial charge in [0.05, 0.1) is 12.1 Å². The number of aromatic amines is 1. The zero-order valence-electron chi connectivity index (χ0n) is 42.5. The van der Waals surface area contributed by atoms with Crippen molar-refractivity contribution in [2.24, 2.45) is 17.2 Å². The summed E-state index contributed by atoms with van der Waals surface area (Å²) in [5.41, 5.74) is 20.4. The molecule has 0 aliphatic heterocycles. The maximum absolute atomic E-state index is 14.8. The predicted octanol–water partition coefficient (Wildman–Crippen LogP) is -0.280. The van der Waals surface area contributed by atoms with Crippen LogP contribution in [0.2, 0.25) is 0 Å². The number of hydrogen-bond donors (Lipinski definition) is 15. The molecule has 9 atom stereocenters. The predicted molar refractivity (Wildman–Crippen MR) is 297 cm³/mol. The minimum atomic E-state index is -1.69. The summed E-state index contributed by atoms with van der Waals surface area (Å²) in [5.74, 6) is -6.80. The molecule has 0 aliphatic rings. The van der Waals surface area contributed by atoms with Crippen molar-refractivity contribution in [3.05, 3.63) is 138 Å². The summed E-state index contributed by atoms with van der Waals surface area (Å²) in [7, 11) is 0. The number of hydrogen-bond acceptors (Lipinski definition) is 14. The zero-order valence-corrected chi connectivity index (χ0v) is 44.3. The molecule has 0 fully saturated rings. The molecule has 23 heteroatoms. The van der Waals surface area contributed by atoms with Crippen molar-refractivity contribution in [2.75, 3.05) is 18.1 Å². The van der Waals surface area contributed by atoms with Crippen molar-refractivity contribution in [1.82, 2.24) is 42.2 Å². The number of H-pyrrole nitrogens is 1. The molecule has 4 aromatic carbocycles. The smallest absolute Gasteiger partial charge is 0.245 e. The van der Waals surface area contributed by atoms with E-state index in [0.29, 0.717) is 35.1 Å². The van der Waals surface area contributed by atoms with Gasteiger partial charge in [0.2, 0.25) is 47.3 Å². The number of carbonyl (C=O) groups excluding carboxylic acids is 8. The number of carbonyl (C=O) groups is 8. The Bertz CT molecular complexity index is 2770. The van der Waals surface area contributed by atoms with Gasteiger partial charge in [-0.3, -0.25) is 38.4 Å². The van der Waals surface area contributed by atoms with E-state index in [2.05, 4.69) is 67.5 Å². The zero-order chi connectivity index (χ0) is 56.0. The Hall–Kier alpha value is -7.44. The molecule has 8 amide bonds. The van der Waals surface area contributed by atoms with Gasteiger partial charge in [0.15, 0.2) is 0 Å². The van der Waals surface area contributed by atoms with Crippen LogP contribution in [0.4, 0.5) is 0 Å². The number of phenolic OH excluding ortho intramolecular Hbond substituents is 1. The molecule has 21 nitrogen and oxygen atoms in total. The van der Waals surface area contributed by atoms with Crippen LogP contribution in [0.1, 0.15) is 48.4 Å². The Kier molecular flexibility index (Phi) is 23.8. The molecule has 5 rings (SSSR count). The Morgan fingerprint density at radius 3 is 1.47 bits per heavy atom. The van der Waals surface area contributed by atoms with Gasteiger partial charge in [-0.05, 0) is 73.2 Å². The molecule has 0 saturated heterocycles. The van der Waals surface area contributed by atoms with E-state index in [1.165, 1.54) is 19.1 Å². The molecule has 0 aliphatic carbocycles. The third-order valence-corrected chi connectivity index (χ3v) is 13.3. The molecule has 0 bridgehead atoms. The molecule has 412 valence electrons. The highest BCUT2D eigenvalue weighted by Gasteiger charge is 2.36. The fourth-order valence-corrected chi connectivity index (χ4v) is 8.70. The molecular weight excluding hydrogens is 1030 g/mol. The highest BCUT2D eigenvalue weighted by molar-refractivity contribution is 7.80. The van der Waals surface area contributed by atoms with E-state index >= 15 is 0 Å². The second kappa shape index (κ2) is 30.3. The number of para-hydroxylation sites is 1. The van der Waals surface area contributed by atoms with E-state index in [-0.39, 0.29) is 55.9 Å². The second-order valence-electron chi connectivity index (χ2n) is 18.6. The highest BCUT2D eigenvalue weighted by atomic mass is 32.1. The molecular formula is C54H69N11O10S2. The Balaban J connectivity index is 1.45. The molecule has 0 saturated carbocycles. The van der Waals surface area contributed by atoms with Crippen LogP contribution in [0.5, 0.6) is 5.75 Å². The first kappa shape index (κ1) is 60.4. The minimum Gasteiger partial charge on any atom is -0.508 e. The van der Waals surface area contributed by atoms with Crippen LogP contribution in [0.15, 0.2) is 115 Å². The third kappa shape index (κ3) is 18.7. The molecule has 1 heterocycles.